The summed E-state index contributed by atoms with van der Waals surface area (Å²) in [4.78, 5) is 42.7. The van der Waals surface area contributed by atoms with Crippen LogP contribution in [0.25, 0.3) is 11.1 Å². The summed E-state index contributed by atoms with van der Waals surface area (Å²) in [7, 11) is 2.95. The molecule has 0 N–H and O–H groups in total. The Morgan fingerprint density at radius 1 is 1.17 bits per heavy atom. The number of hydrogen-bond acceptors (Lipinski definition) is 7. The molecule has 0 amide bonds. The molecule has 1 fully saturated rings. The number of carbonyl (C=O) groups excluding carboxylic acids is 1. The summed E-state index contributed by atoms with van der Waals surface area (Å²) in [5.41, 5.74) is 1.05. The van der Waals surface area contributed by atoms with E-state index in [4.69, 9.17) is 9.15 Å². The second-order valence-electron chi connectivity index (χ2n) is 7.21. The Morgan fingerprint density at radius 2 is 1.90 bits per heavy atom. The van der Waals surface area contributed by atoms with Crippen molar-refractivity contribution in [3.63, 3.8) is 0 Å². The third kappa shape index (κ3) is 3.67. The molecular formula is C20H22N4O5. The maximum atomic E-state index is 12.5. The van der Waals surface area contributed by atoms with E-state index in [-0.39, 0.29) is 18.5 Å². The number of carbonyl (C=O) groups is 1. The third-order valence-electron chi connectivity index (χ3n) is 5.37. The molecule has 1 saturated heterocycles. The van der Waals surface area contributed by atoms with Crippen LogP contribution >= 0.6 is 0 Å². The zero-order valence-electron chi connectivity index (χ0n) is 16.3. The Morgan fingerprint density at radius 3 is 2.62 bits per heavy atom. The van der Waals surface area contributed by atoms with Crippen LogP contribution in [0, 0.1) is 5.92 Å². The van der Waals surface area contributed by atoms with Crippen molar-refractivity contribution in [3.8, 4) is 0 Å². The number of rotatable bonds is 4. The van der Waals surface area contributed by atoms with E-state index >= 15 is 0 Å². The number of oxazole rings is 1. The van der Waals surface area contributed by atoms with Gasteiger partial charge in [-0.3, -0.25) is 18.7 Å². The van der Waals surface area contributed by atoms with E-state index < -0.39 is 11.2 Å². The van der Waals surface area contributed by atoms with Crippen LogP contribution < -0.4 is 16.1 Å². The van der Waals surface area contributed by atoms with Crippen molar-refractivity contribution >= 4 is 23.1 Å². The molecule has 29 heavy (non-hydrogen) atoms. The number of nitrogens with zero attached hydrogens (tertiary/aromatic N) is 4. The van der Waals surface area contributed by atoms with Gasteiger partial charge in [0.2, 0.25) is 0 Å². The van der Waals surface area contributed by atoms with Gasteiger partial charge in [0.25, 0.3) is 11.6 Å². The lowest BCUT2D eigenvalue weighted by Crippen LogP contribution is -2.39. The molecule has 152 valence electrons. The van der Waals surface area contributed by atoms with Gasteiger partial charge in [-0.15, -0.1) is 0 Å². The standard InChI is InChI=1S/C20H22N4O5/c1-22-14(11-17(25)23(2)20(22)27)12-28-18(26)13-7-9-24(10-8-13)19-21-15-5-3-4-6-16(15)29-19/h3-6,11,13H,7-10,12H2,1-2H3. The lowest BCUT2D eigenvalue weighted by molar-refractivity contribution is -0.150. The summed E-state index contributed by atoms with van der Waals surface area (Å²) in [6.07, 6.45) is 1.24. The van der Waals surface area contributed by atoms with E-state index in [0.29, 0.717) is 37.6 Å². The number of esters is 1. The molecule has 0 radical (unpaired) electrons. The van der Waals surface area contributed by atoms with Crippen molar-refractivity contribution in [2.45, 2.75) is 19.4 Å². The fourth-order valence-corrected chi connectivity index (χ4v) is 3.48. The molecule has 0 saturated carbocycles. The number of benzene rings is 1. The highest BCUT2D eigenvalue weighted by atomic mass is 16.5. The van der Waals surface area contributed by atoms with Crippen molar-refractivity contribution < 1.29 is 13.9 Å². The van der Waals surface area contributed by atoms with E-state index in [1.807, 2.05) is 29.2 Å². The molecule has 3 aromatic rings. The molecule has 4 rings (SSSR count). The van der Waals surface area contributed by atoms with E-state index in [9.17, 15) is 14.4 Å². The molecule has 1 aromatic carbocycles. The summed E-state index contributed by atoms with van der Waals surface area (Å²) in [5.74, 6) is -0.561. The van der Waals surface area contributed by atoms with Crippen molar-refractivity contribution in [2.24, 2.45) is 20.0 Å². The Labute approximate surface area is 166 Å². The first-order valence-corrected chi connectivity index (χ1v) is 9.47. The average Bonchev–Trinajstić information content (AvgIpc) is 3.18. The monoisotopic (exact) mass is 398 g/mol. The first-order valence-electron chi connectivity index (χ1n) is 9.47. The summed E-state index contributed by atoms with van der Waals surface area (Å²) in [6, 6.07) is 9.46. The molecule has 0 bridgehead atoms. The Hall–Kier alpha value is -3.36. The minimum absolute atomic E-state index is 0.105. The van der Waals surface area contributed by atoms with Gasteiger partial charge in [0.1, 0.15) is 12.1 Å². The SMILES string of the molecule is Cn1c(COC(=O)C2CCN(c3nc4ccccc4o3)CC2)cc(=O)n(C)c1=O. The first kappa shape index (κ1) is 19.0. The summed E-state index contributed by atoms with van der Waals surface area (Å²) >= 11 is 0. The highest BCUT2D eigenvalue weighted by Gasteiger charge is 2.28. The maximum absolute atomic E-state index is 12.5. The minimum atomic E-state index is -0.449. The van der Waals surface area contributed by atoms with Gasteiger partial charge in [-0.05, 0) is 25.0 Å². The van der Waals surface area contributed by atoms with Gasteiger partial charge in [0, 0.05) is 33.3 Å². The van der Waals surface area contributed by atoms with Crippen molar-refractivity contribution in [1.82, 2.24) is 14.1 Å². The van der Waals surface area contributed by atoms with Crippen molar-refractivity contribution in [1.29, 1.82) is 0 Å². The van der Waals surface area contributed by atoms with E-state index in [1.54, 1.807) is 7.05 Å². The van der Waals surface area contributed by atoms with Crippen molar-refractivity contribution in [3.05, 3.63) is 56.9 Å². The van der Waals surface area contributed by atoms with Gasteiger partial charge >= 0.3 is 11.7 Å². The molecule has 0 atom stereocenters. The third-order valence-corrected chi connectivity index (χ3v) is 5.37. The van der Waals surface area contributed by atoms with Gasteiger partial charge in [0.05, 0.1) is 11.6 Å². The number of piperidine rings is 1. The largest absolute Gasteiger partial charge is 0.459 e. The van der Waals surface area contributed by atoms with Crippen LogP contribution in [0.4, 0.5) is 6.01 Å². The normalized spacial score (nSPS) is 15.0. The fourth-order valence-electron chi connectivity index (χ4n) is 3.48. The van der Waals surface area contributed by atoms with Crippen LogP contribution in [-0.2, 0) is 30.2 Å². The molecule has 0 unspecified atom stereocenters. The molecule has 0 spiro atoms. The predicted molar refractivity (Wildman–Crippen MR) is 106 cm³/mol. The number of anilines is 1. The molecule has 1 aliphatic heterocycles. The van der Waals surface area contributed by atoms with Crippen LogP contribution in [-0.4, -0.2) is 33.2 Å². The highest BCUT2D eigenvalue weighted by molar-refractivity contribution is 5.75. The lowest BCUT2D eigenvalue weighted by Gasteiger charge is -2.29. The number of fused-ring (bicyclic) bond motifs is 1. The molecule has 9 heteroatoms. The van der Waals surface area contributed by atoms with Crippen LogP contribution in [0.15, 0.2) is 44.3 Å². The van der Waals surface area contributed by atoms with Crippen LogP contribution in [0.1, 0.15) is 18.5 Å². The second-order valence-corrected chi connectivity index (χ2v) is 7.21. The molecule has 1 aliphatic rings. The average molecular weight is 398 g/mol. The van der Waals surface area contributed by atoms with Crippen LogP contribution in [0.5, 0.6) is 0 Å². The topological polar surface area (TPSA) is 99.6 Å². The lowest BCUT2D eigenvalue weighted by atomic mass is 9.97. The van der Waals surface area contributed by atoms with Crippen LogP contribution in [0.3, 0.4) is 0 Å². The minimum Gasteiger partial charge on any atom is -0.459 e. The van der Waals surface area contributed by atoms with Crippen LogP contribution in [0.2, 0.25) is 0 Å². The van der Waals surface area contributed by atoms with Gasteiger partial charge in [0.15, 0.2) is 5.58 Å². The highest BCUT2D eigenvalue weighted by Crippen LogP contribution is 2.26. The number of hydrogen-bond donors (Lipinski definition) is 0. The zero-order chi connectivity index (χ0) is 20.5. The Kier molecular flexibility index (Phi) is 4.96. The predicted octanol–water partition coefficient (Wildman–Crippen LogP) is 1.19. The van der Waals surface area contributed by atoms with Gasteiger partial charge < -0.3 is 14.1 Å². The number of aromatic nitrogens is 3. The van der Waals surface area contributed by atoms with Crippen molar-refractivity contribution in [2.75, 3.05) is 18.0 Å². The second kappa shape index (κ2) is 7.57. The smallest absolute Gasteiger partial charge is 0.330 e. The Bertz CT molecular complexity index is 1130. The fraction of sp³-hybridized carbons (Fsp3) is 0.400. The van der Waals surface area contributed by atoms with Gasteiger partial charge in [-0.25, -0.2) is 4.79 Å². The Balaban J connectivity index is 1.36. The molecule has 2 aromatic heterocycles. The summed E-state index contributed by atoms with van der Waals surface area (Å²) in [6.45, 7) is 1.17. The molecule has 3 heterocycles. The quantitative estimate of drug-likeness (QED) is 0.609. The van der Waals surface area contributed by atoms with E-state index in [0.717, 1.165) is 15.7 Å². The molecular weight excluding hydrogens is 376 g/mol. The van der Waals surface area contributed by atoms with E-state index in [1.165, 1.54) is 17.7 Å². The van der Waals surface area contributed by atoms with Gasteiger partial charge in [-0.2, -0.15) is 4.98 Å². The molecule has 9 nitrogen and oxygen atoms in total. The number of ether oxygens (including phenoxy) is 1. The first-order chi connectivity index (χ1) is 13.9. The number of para-hydroxylation sites is 2. The maximum Gasteiger partial charge on any atom is 0.330 e. The summed E-state index contributed by atoms with van der Waals surface area (Å²) < 4.78 is 13.5. The van der Waals surface area contributed by atoms with Gasteiger partial charge in [-0.1, -0.05) is 12.1 Å². The van der Waals surface area contributed by atoms with E-state index in [2.05, 4.69) is 4.98 Å². The molecule has 0 aliphatic carbocycles. The zero-order valence-corrected chi connectivity index (χ0v) is 16.3. The summed E-state index contributed by atoms with van der Waals surface area (Å²) in [5, 5.41) is 0.